The fourth-order valence-corrected chi connectivity index (χ4v) is 5.30. The Kier molecular flexibility index (Phi) is 5.22. The number of hydrogen-bond acceptors (Lipinski definition) is 4. The van der Waals surface area contributed by atoms with Crippen LogP contribution in [0.1, 0.15) is 35.6 Å². The van der Waals surface area contributed by atoms with Crippen LogP contribution in [0.2, 0.25) is 0 Å². The van der Waals surface area contributed by atoms with Crippen LogP contribution >= 0.6 is 0 Å². The van der Waals surface area contributed by atoms with Crippen LogP contribution < -0.4 is 0 Å². The van der Waals surface area contributed by atoms with Crippen LogP contribution in [0.25, 0.3) is 11.3 Å². The van der Waals surface area contributed by atoms with E-state index in [2.05, 4.69) is 35.3 Å². The molecule has 0 unspecified atom stereocenters. The zero-order chi connectivity index (χ0) is 20.4. The van der Waals surface area contributed by atoms with Gasteiger partial charge in [0.1, 0.15) is 0 Å². The van der Waals surface area contributed by atoms with Gasteiger partial charge in [-0.15, -0.1) is 0 Å². The van der Waals surface area contributed by atoms with Crippen molar-refractivity contribution in [1.82, 2.24) is 14.5 Å². The Hall–Kier alpha value is -2.95. The first-order valence-corrected chi connectivity index (χ1v) is 11.0. The first-order valence-electron chi connectivity index (χ1n) is 9.60. The van der Waals surface area contributed by atoms with Gasteiger partial charge in [0.05, 0.1) is 22.2 Å². The topological polar surface area (TPSA) is 89.9 Å². The van der Waals surface area contributed by atoms with E-state index in [9.17, 15) is 8.42 Å². The maximum Gasteiger partial charge on any atom is 0.243 e. The van der Waals surface area contributed by atoms with Gasteiger partial charge < -0.3 is 0 Å². The third kappa shape index (κ3) is 3.95. The second-order valence-electron chi connectivity index (χ2n) is 7.40. The monoisotopic (exact) mass is 406 g/mol. The van der Waals surface area contributed by atoms with E-state index in [1.54, 1.807) is 18.2 Å². The first kappa shape index (κ1) is 19.4. The van der Waals surface area contributed by atoms with Gasteiger partial charge in [-0.1, -0.05) is 29.8 Å². The Morgan fingerprint density at radius 2 is 1.86 bits per heavy atom. The lowest BCUT2D eigenvalue weighted by Gasteiger charge is -2.30. The molecule has 29 heavy (non-hydrogen) atoms. The predicted octanol–water partition coefficient (Wildman–Crippen LogP) is 3.83. The predicted molar refractivity (Wildman–Crippen MR) is 111 cm³/mol. The third-order valence-corrected chi connectivity index (χ3v) is 7.30. The lowest BCUT2D eigenvalue weighted by molar-refractivity contribution is 0.316. The molecule has 148 valence electrons. The smallest absolute Gasteiger partial charge is 0.243 e. The van der Waals surface area contributed by atoms with Crippen molar-refractivity contribution in [3.8, 4) is 17.3 Å². The van der Waals surface area contributed by atoms with Crippen LogP contribution in [0.3, 0.4) is 0 Å². The zero-order valence-corrected chi connectivity index (χ0v) is 17.0. The van der Waals surface area contributed by atoms with E-state index < -0.39 is 10.0 Å². The summed E-state index contributed by atoms with van der Waals surface area (Å²) >= 11 is 0. The van der Waals surface area contributed by atoms with Gasteiger partial charge in [0.25, 0.3) is 0 Å². The molecule has 0 saturated carbocycles. The van der Waals surface area contributed by atoms with Gasteiger partial charge in [0.2, 0.25) is 10.0 Å². The van der Waals surface area contributed by atoms with Crippen LogP contribution in [0.4, 0.5) is 0 Å². The molecule has 1 aliphatic heterocycles. The van der Waals surface area contributed by atoms with E-state index in [0.29, 0.717) is 18.7 Å². The van der Waals surface area contributed by atoms with Crippen molar-refractivity contribution in [1.29, 1.82) is 5.26 Å². The number of nitrogens with zero attached hydrogens (tertiary/aromatic N) is 3. The minimum Gasteiger partial charge on any atom is -0.282 e. The van der Waals surface area contributed by atoms with Crippen LogP contribution in [0.15, 0.2) is 59.5 Å². The standard InChI is InChI=1S/C22H22N4O2S/c1-16-4-2-6-19(12-16)22-14-21(24-25-22)18-8-10-26(11-9-18)29(27,28)20-7-3-5-17(13-20)15-23/h2-7,12-14,18H,8-11H2,1H3,(H,24,25). The van der Waals surface area contributed by atoms with Crippen molar-refractivity contribution >= 4 is 10.0 Å². The molecule has 1 saturated heterocycles. The van der Waals surface area contributed by atoms with Gasteiger partial charge in [0, 0.05) is 30.3 Å². The van der Waals surface area contributed by atoms with E-state index >= 15 is 0 Å². The molecule has 0 spiro atoms. The van der Waals surface area contributed by atoms with Gasteiger partial charge >= 0.3 is 0 Å². The van der Waals surface area contributed by atoms with E-state index in [-0.39, 0.29) is 10.8 Å². The summed E-state index contributed by atoms with van der Waals surface area (Å²) in [6.45, 7) is 2.95. The fourth-order valence-electron chi connectivity index (χ4n) is 3.78. The molecule has 0 radical (unpaired) electrons. The third-order valence-electron chi connectivity index (χ3n) is 5.41. The lowest BCUT2D eigenvalue weighted by atomic mass is 9.94. The van der Waals surface area contributed by atoms with Crippen molar-refractivity contribution in [2.45, 2.75) is 30.6 Å². The van der Waals surface area contributed by atoms with E-state index in [1.807, 2.05) is 18.2 Å². The summed E-state index contributed by atoms with van der Waals surface area (Å²) < 4.78 is 27.3. The molecule has 1 aromatic heterocycles. The lowest BCUT2D eigenvalue weighted by Crippen LogP contribution is -2.38. The number of aromatic amines is 1. The number of H-pyrrole nitrogens is 1. The number of aromatic nitrogens is 2. The Balaban J connectivity index is 1.46. The van der Waals surface area contributed by atoms with Crippen LogP contribution in [-0.2, 0) is 10.0 Å². The van der Waals surface area contributed by atoms with E-state index in [1.165, 1.54) is 15.9 Å². The highest BCUT2D eigenvalue weighted by atomic mass is 32.2. The molecule has 0 aliphatic carbocycles. The number of benzene rings is 2. The van der Waals surface area contributed by atoms with Crippen molar-refractivity contribution in [2.24, 2.45) is 0 Å². The second-order valence-corrected chi connectivity index (χ2v) is 9.33. The molecule has 7 heteroatoms. The van der Waals surface area contributed by atoms with Gasteiger partial charge in [-0.05, 0) is 50.1 Å². The van der Waals surface area contributed by atoms with E-state index in [0.717, 1.165) is 29.8 Å². The Morgan fingerprint density at radius 1 is 1.10 bits per heavy atom. The van der Waals surface area contributed by atoms with Crippen LogP contribution in [0, 0.1) is 18.3 Å². The summed E-state index contributed by atoms with van der Waals surface area (Å²) in [5, 5.41) is 16.6. The number of aryl methyl sites for hydroxylation is 1. The Morgan fingerprint density at radius 3 is 2.59 bits per heavy atom. The second kappa shape index (κ2) is 7.82. The summed E-state index contributed by atoms with van der Waals surface area (Å²) in [4.78, 5) is 0.179. The number of hydrogen-bond donors (Lipinski definition) is 1. The molecule has 1 fully saturated rings. The summed E-state index contributed by atoms with van der Waals surface area (Å²) in [5.74, 6) is 0.248. The maximum atomic E-state index is 12.9. The van der Waals surface area contributed by atoms with Gasteiger partial charge in [-0.25, -0.2) is 8.42 Å². The van der Waals surface area contributed by atoms with Crippen LogP contribution in [0.5, 0.6) is 0 Å². The number of rotatable bonds is 4. The zero-order valence-electron chi connectivity index (χ0n) is 16.2. The molecule has 0 amide bonds. The minimum atomic E-state index is -3.59. The van der Waals surface area contributed by atoms with Gasteiger partial charge in [-0.2, -0.15) is 14.7 Å². The average molecular weight is 407 g/mol. The Bertz CT molecular complexity index is 1170. The molecule has 1 N–H and O–H groups in total. The molecule has 0 bridgehead atoms. The molecular formula is C22H22N4O2S. The van der Waals surface area contributed by atoms with Gasteiger partial charge in [0.15, 0.2) is 0 Å². The molecule has 6 nitrogen and oxygen atoms in total. The number of piperidine rings is 1. The largest absolute Gasteiger partial charge is 0.282 e. The molecule has 2 aromatic carbocycles. The normalized spacial score (nSPS) is 15.9. The molecular weight excluding hydrogens is 384 g/mol. The SMILES string of the molecule is Cc1cccc(-c2cc(C3CCN(S(=O)(=O)c4cccc(C#N)c4)CC3)[nH]n2)c1. The molecule has 4 rings (SSSR count). The van der Waals surface area contributed by atoms with E-state index in [4.69, 9.17) is 5.26 Å². The summed E-state index contributed by atoms with van der Waals surface area (Å²) in [5.41, 5.74) is 4.56. The fraction of sp³-hybridized carbons (Fsp3) is 0.273. The van der Waals surface area contributed by atoms with Gasteiger partial charge in [-0.3, -0.25) is 5.10 Å². The van der Waals surface area contributed by atoms with Crippen molar-refractivity contribution < 1.29 is 8.42 Å². The highest BCUT2D eigenvalue weighted by Gasteiger charge is 2.30. The first-order chi connectivity index (χ1) is 14.0. The molecule has 1 aliphatic rings. The highest BCUT2D eigenvalue weighted by Crippen LogP contribution is 2.31. The van der Waals surface area contributed by atoms with Crippen molar-refractivity contribution in [3.63, 3.8) is 0 Å². The summed E-state index contributed by atoms with van der Waals surface area (Å²) in [7, 11) is -3.59. The van der Waals surface area contributed by atoms with Crippen molar-refractivity contribution in [3.05, 3.63) is 71.4 Å². The molecule has 3 aromatic rings. The quantitative estimate of drug-likeness (QED) is 0.713. The number of sulfonamides is 1. The maximum absolute atomic E-state index is 12.9. The van der Waals surface area contributed by atoms with Crippen LogP contribution in [-0.4, -0.2) is 36.0 Å². The average Bonchev–Trinajstić information content (AvgIpc) is 3.24. The summed E-state index contributed by atoms with van der Waals surface area (Å²) in [6, 6.07) is 18.5. The number of nitrogens with one attached hydrogen (secondary N) is 1. The molecule has 2 heterocycles. The summed E-state index contributed by atoms with van der Waals surface area (Å²) in [6.07, 6.45) is 1.46. The molecule has 0 atom stereocenters. The van der Waals surface area contributed by atoms with Crippen molar-refractivity contribution in [2.75, 3.05) is 13.1 Å². The number of nitriles is 1. The Labute approximate surface area is 170 Å². The minimum absolute atomic E-state index is 0.179. The highest BCUT2D eigenvalue weighted by molar-refractivity contribution is 7.89.